The Bertz CT molecular complexity index is 393. The molecule has 0 unspecified atom stereocenters. The van der Waals surface area contributed by atoms with Crippen LogP contribution in [0.25, 0.3) is 0 Å². The topological polar surface area (TPSA) is 22.1 Å². The summed E-state index contributed by atoms with van der Waals surface area (Å²) in [5, 5.41) is -0.708. The van der Waals surface area contributed by atoms with Gasteiger partial charge in [-0.15, -0.1) is 13.2 Å². The van der Waals surface area contributed by atoms with Crippen molar-refractivity contribution >= 4 is 11.6 Å². The number of alkyl halides is 5. The van der Waals surface area contributed by atoms with Gasteiger partial charge in [-0.1, -0.05) is 11.6 Å². The second-order valence-electron chi connectivity index (χ2n) is 2.84. The number of aromatic nitrogens is 1. The van der Waals surface area contributed by atoms with Gasteiger partial charge >= 0.3 is 6.36 Å². The summed E-state index contributed by atoms with van der Waals surface area (Å²) in [7, 11) is 0. The summed E-state index contributed by atoms with van der Waals surface area (Å²) >= 11 is 5.29. The number of nitrogens with zero attached hydrogens (tertiary/aromatic N) is 1. The Kier molecular flexibility index (Phi) is 3.57. The van der Waals surface area contributed by atoms with E-state index in [0.29, 0.717) is 0 Å². The highest BCUT2D eigenvalue weighted by molar-refractivity contribution is 6.30. The molecule has 0 aliphatic carbocycles. The molecule has 0 aromatic carbocycles. The van der Waals surface area contributed by atoms with Gasteiger partial charge in [0, 0.05) is 5.56 Å². The zero-order chi connectivity index (χ0) is 12.5. The van der Waals surface area contributed by atoms with Gasteiger partial charge in [-0.3, -0.25) is 0 Å². The van der Waals surface area contributed by atoms with Gasteiger partial charge in [-0.2, -0.15) is 0 Å². The molecule has 16 heavy (non-hydrogen) atoms. The average molecular weight is 262 g/mol. The van der Waals surface area contributed by atoms with Crippen LogP contribution in [0, 0.1) is 6.92 Å². The summed E-state index contributed by atoms with van der Waals surface area (Å²) in [6, 6.07) is 0.807. The number of halogens is 6. The van der Waals surface area contributed by atoms with Crippen molar-refractivity contribution in [2.75, 3.05) is 0 Å². The summed E-state index contributed by atoms with van der Waals surface area (Å²) in [4.78, 5) is 3.12. The Hall–Kier alpha value is -1.11. The molecule has 0 saturated carbocycles. The molecule has 0 aliphatic rings. The monoisotopic (exact) mass is 261 g/mol. The van der Waals surface area contributed by atoms with Crippen LogP contribution in [-0.4, -0.2) is 11.3 Å². The third-order valence-electron chi connectivity index (χ3n) is 1.59. The predicted molar refractivity (Wildman–Crippen MR) is 45.6 cm³/mol. The van der Waals surface area contributed by atoms with E-state index in [1.807, 2.05) is 0 Å². The number of rotatable bonds is 2. The molecule has 0 amide bonds. The van der Waals surface area contributed by atoms with Crippen LogP contribution in [0.3, 0.4) is 0 Å². The van der Waals surface area contributed by atoms with E-state index < -0.39 is 29.4 Å². The molecule has 1 heterocycles. The maximum Gasteiger partial charge on any atom is 0.574 e. The quantitative estimate of drug-likeness (QED) is 0.595. The zero-order valence-electron chi connectivity index (χ0n) is 7.78. The van der Waals surface area contributed by atoms with Gasteiger partial charge < -0.3 is 4.74 Å². The molecule has 0 saturated heterocycles. The minimum Gasteiger partial charge on any atom is -0.388 e. The van der Waals surface area contributed by atoms with Gasteiger partial charge in [0.05, 0.1) is 5.56 Å². The highest BCUT2D eigenvalue weighted by atomic mass is 35.5. The molecule has 0 fully saturated rings. The maximum absolute atomic E-state index is 12.3. The Morgan fingerprint density at radius 1 is 1.38 bits per heavy atom. The van der Waals surface area contributed by atoms with Crippen LogP contribution in [0.4, 0.5) is 22.0 Å². The molecule has 0 radical (unpaired) electrons. The lowest BCUT2D eigenvalue weighted by Gasteiger charge is -2.12. The highest BCUT2D eigenvalue weighted by Crippen LogP contribution is 2.32. The first-order chi connectivity index (χ1) is 7.20. The van der Waals surface area contributed by atoms with E-state index in [1.165, 1.54) is 0 Å². The second-order valence-corrected chi connectivity index (χ2v) is 3.20. The van der Waals surface area contributed by atoms with Crippen molar-refractivity contribution in [2.24, 2.45) is 0 Å². The van der Waals surface area contributed by atoms with E-state index in [0.717, 1.165) is 13.0 Å². The maximum atomic E-state index is 12.3. The molecular weight excluding hydrogens is 257 g/mol. The van der Waals surface area contributed by atoms with Gasteiger partial charge in [-0.05, 0) is 13.0 Å². The number of pyridine rings is 1. The number of hydrogen-bond donors (Lipinski definition) is 0. The summed E-state index contributed by atoms with van der Waals surface area (Å²) in [6.07, 6.45) is -7.84. The standard InChI is InChI=1S/C8H5ClF5NO/c1-3-2-4(6(10)11)5(9)15-7(3)16-8(12,13)14/h2,6H,1H3. The van der Waals surface area contributed by atoms with E-state index in [4.69, 9.17) is 11.6 Å². The summed E-state index contributed by atoms with van der Waals surface area (Å²) in [5.74, 6) is -0.832. The molecule has 0 aliphatic heterocycles. The van der Waals surface area contributed by atoms with E-state index in [1.54, 1.807) is 0 Å². The van der Waals surface area contributed by atoms with Crippen molar-refractivity contribution in [1.82, 2.24) is 4.98 Å². The lowest BCUT2D eigenvalue weighted by atomic mass is 10.2. The average Bonchev–Trinajstić information content (AvgIpc) is 2.07. The fraction of sp³-hybridized carbons (Fsp3) is 0.375. The molecule has 1 aromatic rings. The van der Waals surface area contributed by atoms with Crippen LogP contribution in [0.2, 0.25) is 5.15 Å². The number of hydrogen-bond acceptors (Lipinski definition) is 2. The lowest BCUT2D eigenvalue weighted by molar-refractivity contribution is -0.276. The molecule has 0 bridgehead atoms. The molecule has 2 nitrogen and oxygen atoms in total. The summed E-state index contributed by atoms with van der Waals surface area (Å²) in [5.41, 5.74) is -0.800. The summed E-state index contributed by atoms with van der Waals surface area (Å²) in [6.45, 7) is 1.16. The van der Waals surface area contributed by atoms with E-state index in [-0.39, 0.29) is 5.56 Å². The Morgan fingerprint density at radius 3 is 2.38 bits per heavy atom. The first-order valence-corrected chi connectivity index (χ1v) is 4.29. The Labute approximate surface area is 92.0 Å². The number of aryl methyl sites for hydroxylation is 1. The molecular formula is C8H5ClF5NO. The molecule has 1 rings (SSSR count). The van der Waals surface area contributed by atoms with E-state index >= 15 is 0 Å². The lowest BCUT2D eigenvalue weighted by Crippen LogP contribution is -2.19. The van der Waals surface area contributed by atoms with Crippen LogP contribution in [0.5, 0.6) is 5.88 Å². The van der Waals surface area contributed by atoms with Crippen LogP contribution >= 0.6 is 11.6 Å². The summed E-state index contributed by atoms with van der Waals surface area (Å²) < 4.78 is 63.7. The van der Waals surface area contributed by atoms with Crippen molar-refractivity contribution in [3.8, 4) is 5.88 Å². The van der Waals surface area contributed by atoms with Crippen LogP contribution in [-0.2, 0) is 0 Å². The highest BCUT2D eigenvalue weighted by Gasteiger charge is 2.33. The van der Waals surface area contributed by atoms with Crippen molar-refractivity contribution in [3.63, 3.8) is 0 Å². The Morgan fingerprint density at radius 2 is 1.94 bits per heavy atom. The van der Waals surface area contributed by atoms with Crippen LogP contribution < -0.4 is 4.74 Å². The first-order valence-electron chi connectivity index (χ1n) is 3.91. The fourth-order valence-electron chi connectivity index (χ4n) is 0.962. The fourth-order valence-corrected chi connectivity index (χ4v) is 1.18. The van der Waals surface area contributed by atoms with E-state index in [9.17, 15) is 22.0 Å². The normalized spacial score (nSPS) is 12.0. The van der Waals surface area contributed by atoms with Gasteiger partial charge in [0.25, 0.3) is 6.43 Å². The van der Waals surface area contributed by atoms with Crippen molar-refractivity contribution in [1.29, 1.82) is 0 Å². The van der Waals surface area contributed by atoms with Crippen molar-refractivity contribution in [3.05, 3.63) is 22.3 Å². The minimum atomic E-state index is -4.94. The van der Waals surface area contributed by atoms with Crippen LogP contribution in [0.15, 0.2) is 6.07 Å². The van der Waals surface area contributed by atoms with Crippen molar-refractivity contribution in [2.45, 2.75) is 19.7 Å². The van der Waals surface area contributed by atoms with Gasteiger partial charge in [0.15, 0.2) is 0 Å². The smallest absolute Gasteiger partial charge is 0.388 e. The van der Waals surface area contributed by atoms with Crippen LogP contribution in [0.1, 0.15) is 17.6 Å². The van der Waals surface area contributed by atoms with Gasteiger partial charge in [0.1, 0.15) is 5.15 Å². The van der Waals surface area contributed by atoms with E-state index in [2.05, 4.69) is 9.72 Å². The number of ether oxygens (including phenoxy) is 1. The first kappa shape index (κ1) is 13.0. The van der Waals surface area contributed by atoms with Gasteiger partial charge in [0.2, 0.25) is 5.88 Å². The molecule has 1 aromatic heterocycles. The third kappa shape index (κ3) is 3.19. The molecule has 90 valence electrons. The minimum absolute atomic E-state index is 0.169. The largest absolute Gasteiger partial charge is 0.574 e. The molecule has 0 spiro atoms. The molecule has 8 heteroatoms. The SMILES string of the molecule is Cc1cc(C(F)F)c(Cl)nc1OC(F)(F)F. The Balaban J connectivity index is 3.11. The van der Waals surface area contributed by atoms with Gasteiger partial charge in [-0.25, -0.2) is 13.8 Å². The molecule has 0 atom stereocenters. The molecule has 0 N–H and O–H groups in total. The second kappa shape index (κ2) is 4.40. The third-order valence-corrected chi connectivity index (χ3v) is 1.90. The van der Waals surface area contributed by atoms with Crippen molar-refractivity contribution < 1.29 is 26.7 Å². The zero-order valence-corrected chi connectivity index (χ0v) is 8.53. The predicted octanol–water partition coefficient (Wildman–Crippen LogP) is 3.88.